The van der Waals surface area contributed by atoms with Crippen LogP contribution in [0.5, 0.6) is 0 Å². The Morgan fingerprint density at radius 1 is 1.08 bits per heavy atom. The van der Waals surface area contributed by atoms with E-state index in [1.54, 1.807) is 33.2 Å². The smallest absolute Gasteiger partial charge is 0.416 e. The molecule has 1 rings (SSSR count). The van der Waals surface area contributed by atoms with Gasteiger partial charge in [0.2, 0.25) is 0 Å². The number of carboxylic acid groups (broad SMARTS) is 1. The van der Waals surface area contributed by atoms with Crippen LogP contribution in [0.1, 0.15) is 51.5 Å². The molecule has 0 spiro atoms. The van der Waals surface area contributed by atoms with Gasteiger partial charge in [0.05, 0.1) is 25.4 Å². The summed E-state index contributed by atoms with van der Waals surface area (Å²) < 4.78 is 10.2. The van der Waals surface area contributed by atoms with Gasteiger partial charge in [-0.2, -0.15) is 0 Å². The summed E-state index contributed by atoms with van der Waals surface area (Å²) in [6.07, 6.45) is 0.925. The van der Waals surface area contributed by atoms with Crippen LogP contribution in [0.4, 0.5) is 10.5 Å². The molecule has 0 saturated heterocycles. The molecular weight excluding hydrogens is 474 g/mol. The zero-order chi connectivity index (χ0) is 27.3. The first-order chi connectivity index (χ1) is 16.8. The predicted octanol–water partition coefficient (Wildman–Crippen LogP) is 2.82. The van der Waals surface area contributed by atoms with Crippen LogP contribution in [0, 0.1) is 10.1 Å². The van der Waals surface area contributed by atoms with Crippen molar-refractivity contribution in [3.05, 3.63) is 39.9 Å². The largest absolute Gasteiger partial charge is 0.481 e. The average molecular weight is 511 g/mol. The van der Waals surface area contributed by atoms with Crippen molar-refractivity contribution in [2.45, 2.75) is 64.6 Å². The van der Waals surface area contributed by atoms with Gasteiger partial charge in [0.15, 0.2) is 6.10 Å². The van der Waals surface area contributed by atoms with Gasteiger partial charge in [0.25, 0.3) is 5.69 Å². The van der Waals surface area contributed by atoms with Gasteiger partial charge < -0.3 is 19.9 Å². The molecule has 12 nitrogen and oxygen atoms in total. The highest BCUT2D eigenvalue weighted by Crippen LogP contribution is 2.15. The van der Waals surface area contributed by atoms with Crippen molar-refractivity contribution in [2.24, 2.45) is 0 Å². The zero-order valence-electron chi connectivity index (χ0n) is 21.2. The van der Waals surface area contributed by atoms with Crippen LogP contribution >= 0.6 is 0 Å². The number of carboxylic acids is 1. The number of carbonyl (C=O) groups is 4. The molecule has 0 aliphatic rings. The number of esters is 2. The lowest BCUT2D eigenvalue weighted by molar-refractivity contribution is -0.812. The zero-order valence-corrected chi connectivity index (χ0v) is 21.2. The number of nitro groups is 1. The Kier molecular flexibility index (Phi) is 12.5. The topological polar surface area (TPSA) is 162 Å². The van der Waals surface area contributed by atoms with E-state index in [0.29, 0.717) is 32.2 Å². The van der Waals surface area contributed by atoms with Crippen molar-refractivity contribution >= 4 is 29.6 Å². The predicted molar refractivity (Wildman–Crippen MR) is 129 cm³/mol. The monoisotopic (exact) mass is 510 g/mol. The number of benzene rings is 1. The SMILES string of the molecule is CC(=O)OC(CC(=O)O)C[N+](C)(C)C(=O)NCCCCCC(=O)OC(C)Cc1ccc([N+](=O)[O-])cc1. The molecule has 0 heterocycles. The van der Waals surface area contributed by atoms with Gasteiger partial charge in [-0.25, -0.2) is 9.28 Å². The van der Waals surface area contributed by atoms with Crippen LogP contribution in [-0.2, 0) is 30.3 Å². The lowest BCUT2D eigenvalue weighted by Gasteiger charge is -2.29. The Morgan fingerprint density at radius 3 is 2.28 bits per heavy atom. The summed E-state index contributed by atoms with van der Waals surface area (Å²) in [4.78, 5) is 57.0. The maximum absolute atomic E-state index is 12.5. The highest BCUT2D eigenvalue weighted by molar-refractivity contribution is 5.70. The first-order valence-electron chi connectivity index (χ1n) is 11.7. The molecule has 0 radical (unpaired) electrons. The number of nitrogens with zero attached hydrogens (tertiary/aromatic N) is 2. The van der Waals surface area contributed by atoms with Gasteiger partial charge in [-0.1, -0.05) is 18.6 Å². The molecule has 0 bridgehead atoms. The van der Waals surface area contributed by atoms with E-state index < -0.39 is 29.4 Å². The summed E-state index contributed by atoms with van der Waals surface area (Å²) in [6.45, 7) is 3.34. The maximum atomic E-state index is 12.5. The van der Waals surface area contributed by atoms with Gasteiger partial charge in [0, 0.05) is 38.4 Å². The standard InChI is InChI=1S/C24H35N3O9/c1-17(14-19-9-11-20(12-10-19)26(33)34)35-23(31)8-6-5-7-13-25-24(32)27(3,4)16-21(15-22(29)30)36-18(2)28/h9-12,17,21H,5-8,13-16H2,1-4H3,(H-,25,29,30,32)/p+1. The molecule has 2 amide bonds. The average Bonchev–Trinajstić information content (AvgIpc) is 2.74. The summed E-state index contributed by atoms with van der Waals surface area (Å²) in [5, 5.41) is 22.5. The minimum absolute atomic E-state index is 0.00600. The lowest BCUT2D eigenvalue weighted by atomic mass is 10.1. The van der Waals surface area contributed by atoms with Crippen molar-refractivity contribution in [3.63, 3.8) is 0 Å². The molecule has 36 heavy (non-hydrogen) atoms. The van der Waals surface area contributed by atoms with E-state index in [1.807, 2.05) is 0 Å². The Morgan fingerprint density at radius 2 is 1.72 bits per heavy atom. The number of urea groups is 1. The first kappa shape index (κ1) is 30.5. The number of quaternary nitrogens is 1. The van der Waals surface area contributed by atoms with Crippen molar-refractivity contribution in [1.82, 2.24) is 5.32 Å². The van der Waals surface area contributed by atoms with E-state index in [4.69, 9.17) is 14.6 Å². The minimum Gasteiger partial charge on any atom is -0.481 e. The second-order valence-corrected chi connectivity index (χ2v) is 9.17. The van der Waals surface area contributed by atoms with Gasteiger partial charge in [-0.05, 0) is 25.3 Å². The fourth-order valence-electron chi connectivity index (χ4n) is 3.56. The van der Waals surface area contributed by atoms with Gasteiger partial charge >= 0.3 is 23.9 Å². The molecule has 12 heteroatoms. The van der Waals surface area contributed by atoms with Gasteiger partial charge in [-0.3, -0.25) is 24.5 Å². The normalized spacial score (nSPS) is 12.8. The molecule has 2 unspecified atom stereocenters. The molecule has 1 aromatic rings. The third-order valence-corrected chi connectivity index (χ3v) is 5.28. The molecule has 0 fully saturated rings. The quantitative estimate of drug-likeness (QED) is 0.119. The molecular formula is C24H36N3O9+. The van der Waals surface area contributed by atoms with Crippen molar-refractivity contribution in [3.8, 4) is 0 Å². The summed E-state index contributed by atoms with van der Waals surface area (Å²) >= 11 is 0. The Labute approximate surface area is 210 Å². The number of hydrogen-bond acceptors (Lipinski definition) is 8. The molecule has 1 aromatic carbocycles. The fourth-order valence-corrected chi connectivity index (χ4v) is 3.56. The highest BCUT2D eigenvalue weighted by Gasteiger charge is 2.32. The fraction of sp³-hybridized carbons (Fsp3) is 0.583. The number of nitrogens with one attached hydrogen (secondary N) is 1. The van der Waals surface area contributed by atoms with Gasteiger partial charge in [0.1, 0.15) is 12.6 Å². The number of ether oxygens (including phenoxy) is 2. The molecule has 200 valence electrons. The number of unbranched alkanes of at least 4 members (excludes halogenated alkanes) is 2. The van der Waals surface area contributed by atoms with Crippen molar-refractivity contribution in [2.75, 3.05) is 27.2 Å². The van der Waals surface area contributed by atoms with E-state index in [2.05, 4.69) is 5.32 Å². The van der Waals surface area contributed by atoms with E-state index in [-0.39, 0.29) is 41.2 Å². The molecule has 0 aromatic heterocycles. The summed E-state index contributed by atoms with van der Waals surface area (Å²) in [6, 6.07) is 5.77. The van der Waals surface area contributed by atoms with Crippen LogP contribution in [0.3, 0.4) is 0 Å². The number of nitro benzene ring substituents is 1. The number of carbonyl (C=O) groups excluding carboxylic acids is 3. The number of likely N-dealkylation sites (N-methyl/N-ethyl adjacent to an activating group) is 1. The highest BCUT2D eigenvalue weighted by atomic mass is 16.6. The van der Waals surface area contributed by atoms with E-state index in [0.717, 1.165) is 5.56 Å². The minimum atomic E-state index is -1.12. The van der Waals surface area contributed by atoms with E-state index in [9.17, 15) is 29.3 Å². The van der Waals surface area contributed by atoms with Crippen LogP contribution in [0.2, 0.25) is 0 Å². The Bertz CT molecular complexity index is 900. The van der Waals surface area contributed by atoms with Gasteiger partial charge in [-0.15, -0.1) is 0 Å². The number of hydrogen-bond donors (Lipinski definition) is 2. The van der Waals surface area contributed by atoms with Crippen LogP contribution in [0.25, 0.3) is 0 Å². The Hall–Kier alpha value is -3.54. The van der Waals surface area contributed by atoms with Crippen molar-refractivity contribution < 1.29 is 43.2 Å². The summed E-state index contributed by atoms with van der Waals surface area (Å²) in [5.74, 6) is -2.07. The van der Waals surface area contributed by atoms with E-state index >= 15 is 0 Å². The number of rotatable bonds is 15. The van der Waals surface area contributed by atoms with Crippen LogP contribution in [0.15, 0.2) is 24.3 Å². The van der Waals surface area contributed by atoms with Crippen LogP contribution < -0.4 is 5.32 Å². The lowest BCUT2D eigenvalue weighted by Crippen LogP contribution is -2.55. The molecule has 0 aliphatic carbocycles. The maximum Gasteiger partial charge on any atom is 0.416 e. The second kappa shape index (κ2) is 14.8. The third kappa shape index (κ3) is 12.2. The number of non-ortho nitro benzene ring substituents is 1. The summed E-state index contributed by atoms with van der Waals surface area (Å²) in [7, 11) is 3.20. The molecule has 2 atom stereocenters. The third-order valence-electron chi connectivity index (χ3n) is 5.28. The first-order valence-corrected chi connectivity index (χ1v) is 11.7. The molecule has 2 N–H and O–H groups in total. The molecule has 0 aliphatic heterocycles. The molecule has 0 saturated carbocycles. The second-order valence-electron chi connectivity index (χ2n) is 9.17. The van der Waals surface area contributed by atoms with E-state index in [1.165, 1.54) is 19.1 Å². The van der Waals surface area contributed by atoms with Crippen molar-refractivity contribution in [1.29, 1.82) is 0 Å². The number of aliphatic carboxylic acids is 1. The number of amides is 2. The Balaban J connectivity index is 2.29. The summed E-state index contributed by atoms with van der Waals surface area (Å²) in [5.41, 5.74) is 0.839. The van der Waals surface area contributed by atoms with Crippen LogP contribution in [-0.4, -0.2) is 77.8 Å².